The third-order valence-corrected chi connectivity index (χ3v) is 5.38. The fourth-order valence-electron chi connectivity index (χ4n) is 4.01. The number of hydrogen-bond acceptors (Lipinski definition) is 2. The van der Waals surface area contributed by atoms with Crippen molar-refractivity contribution in [3.8, 4) is 0 Å². The Hall–Kier alpha value is -2.36. The molecule has 0 saturated carbocycles. The molecule has 1 saturated heterocycles. The van der Waals surface area contributed by atoms with E-state index in [0.717, 1.165) is 48.4 Å². The quantitative estimate of drug-likeness (QED) is 0.555. The van der Waals surface area contributed by atoms with Crippen LogP contribution in [0.3, 0.4) is 0 Å². The average molecular weight is 399 g/mol. The van der Waals surface area contributed by atoms with Gasteiger partial charge in [-0.15, -0.1) is 0 Å². The summed E-state index contributed by atoms with van der Waals surface area (Å²) >= 11 is 0. The van der Waals surface area contributed by atoms with Crippen molar-refractivity contribution in [1.82, 2.24) is 0 Å². The Bertz CT molecular complexity index is 786. The maximum absolute atomic E-state index is 13.8. The third kappa shape index (κ3) is 6.31. The molecule has 3 nitrogen and oxygen atoms in total. The van der Waals surface area contributed by atoms with Crippen LogP contribution in [0.1, 0.15) is 51.2 Å². The lowest BCUT2D eigenvalue weighted by Crippen LogP contribution is -2.34. The lowest BCUT2D eigenvalue weighted by Gasteiger charge is -2.35. The Kier molecular flexibility index (Phi) is 7.45. The Morgan fingerprint density at radius 3 is 2.24 bits per heavy atom. The van der Waals surface area contributed by atoms with Crippen LogP contribution in [0.4, 0.5) is 15.8 Å². The molecule has 1 aliphatic rings. The van der Waals surface area contributed by atoms with Crippen LogP contribution in [0, 0.1) is 25.2 Å². The van der Waals surface area contributed by atoms with Crippen LogP contribution in [-0.4, -0.2) is 19.0 Å². The van der Waals surface area contributed by atoms with Gasteiger partial charge in [-0.25, -0.2) is 4.39 Å². The van der Waals surface area contributed by atoms with Crippen molar-refractivity contribution >= 4 is 17.3 Å². The van der Waals surface area contributed by atoms with Crippen LogP contribution in [0.5, 0.6) is 0 Å². The number of nitrogens with one attached hydrogen (secondary N) is 1. The second-order valence-electron chi connectivity index (χ2n) is 9.26. The molecule has 1 aromatic rings. The van der Waals surface area contributed by atoms with Crippen LogP contribution in [-0.2, 0) is 4.79 Å². The van der Waals surface area contributed by atoms with Gasteiger partial charge in [0.1, 0.15) is 5.83 Å². The van der Waals surface area contributed by atoms with E-state index in [-0.39, 0.29) is 23.1 Å². The number of benzene rings is 1. The monoisotopic (exact) mass is 398 g/mol. The molecular formula is C25H35FN2O. The molecule has 0 atom stereocenters. The lowest BCUT2D eigenvalue weighted by molar-refractivity contribution is -0.117. The molecule has 0 spiro atoms. The van der Waals surface area contributed by atoms with Crippen molar-refractivity contribution in [3.63, 3.8) is 0 Å². The van der Waals surface area contributed by atoms with Gasteiger partial charge in [0, 0.05) is 30.9 Å². The number of allylic oxidation sites excluding steroid dienone is 4. The average Bonchev–Trinajstić information content (AvgIpc) is 2.61. The predicted molar refractivity (Wildman–Crippen MR) is 122 cm³/mol. The van der Waals surface area contributed by atoms with Crippen molar-refractivity contribution < 1.29 is 9.18 Å². The molecular weight excluding hydrogens is 363 g/mol. The van der Waals surface area contributed by atoms with E-state index in [0.29, 0.717) is 12.0 Å². The van der Waals surface area contributed by atoms with E-state index in [2.05, 4.69) is 56.3 Å². The van der Waals surface area contributed by atoms with Gasteiger partial charge in [0.2, 0.25) is 5.91 Å². The van der Waals surface area contributed by atoms with E-state index in [1.54, 1.807) is 12.2 Å². The molecule has 0 radical (unpaired) electrons. The SMILES string of the molecule is C=C/C=C(\C(=C)F)C1CCN(c2cc(C)c(NC(=O)CC(C)(C)C)c(C)c2)CC1. The summed E-state index contributed by atoms with van der Waals surface area (Å²) in [6, 6.07) is 4.27. The molecule has 1 amide bonds. The molecule has 1 aromatic carbocycles. The second-order valence-corrected chi connectivity index (χ2v) is 9.26. The highest BCUT2D eigenvalue weighted by molar-refractivity contribution is 5.93. The summed E-state index contributed by atoms with van der Waals surface area (Å²) in [5, 5.41) is 3.09. The molecule has 0 aliphatic carbocycles. The van der Waals surface area contributed by atoms with Crippen molar-refractivity contribution in [3.05, 3.63) is 60.0 Å². The van der Waals surface area contributed by atoms with Gasteiger partial charge in [0.05, 0.1) is 0 Å². The molecule has 1 aliphatic heterocycles. The standard InChI is InChI=1S/C25H35FN2O/c1-8-9-22(19(4)26)20-10-12-28(13-11-20)21-14-17(2)24(18(3)15-21)27-23(29)16-25(5,6)7/h8-9,14-15,20H,1,4,10-13,16H2,2-3,5-7H3,(H,27,29)/b22-9+. The summed E-state index contributed by atoms with van der Waals surface area (Å²) in [5.74, 6) is -0.129. The van der Waals surface area contributed by atoms with Gasteiger partial charge in [0.15, 0.2) is 0 Å². The molecule has 1 fully saturated rings. The van der Waals surface area contributed by atoms with Crippen LogP contribution in [0.2, 0.25) is 0 Å². The van der Waals surface area contributed by atoms with Crippen molar-refractivity contribution in [2.45, 2.75) is 53.9 Å². The van der Waals surface area contributed by atoms with Crippen molar-refractivity contribution in [2.75, 3.05) is 23.3 Å². The van der Waals surface area contributed by atoms with E-state index in [1.807, 2.05) is 13.8 Å². The number of piperidine rings is 1. The number of aryl methyl sites for hydroxylation is 2. The smallest absolute Gasteiger partial charge is 0.224 e. The largest absolute Gasteiger partial charge is 0.371 e. The number of hydrogen-bond donors (Lipinski definition) is 1. The Morgan fingerprint density at radius 1 is 1.24 bits per heavy atom. The van der Waals surface area contributed by atoms with Crippen molar-refractivity contribution in [1.29, 1.82) is 0 Å². The predicted octanol–water partition coefficient (Wildman–Crippen LogP) is 6.49. The number of halogens is 1. The summed E-state index contributed by atoms with van der Waals surface area (Å²) in [6.45, 7) is 19.1. The number of amides is 1. The first kappa shape index (κ1) is 22.9. The van der Waals surface area contributed by atoms with Gasteiger partial charge in [-0.2, -0.15) is 0 Å². The third-order valence-electron chi connectivity index (χ3n) is 5.38. The maximum Gasteiger partial charge on any atom is 0.224 e. The minimum Gasteiger partial charge on any atom is -0.371 e. The topological polar surface area (TPSA) is 32.3 Å². The minimum absolute atomic E-state index is 0.0417. The second kappa shape index (κ2) is 9.43. The normalized spacial score (nSPS) is 15.9. The minimum atomic E-state index is -0.356. The van der Waals surface area contributed by atoms with E-state index in [4.69, 9.17) is 0 Å². The fraction of sp³-hybridized carbons (Fsp3) is 0.480. The van der Waals surface area contributed by atoms with Crippen LogP contribution >= 0.6 is 0 Å². The van der Waals surface area contributed by atoms with E-state index in [1.165, 1.54) is 0 Å². The summed E-state index contributed by atoms with van der Waals surface area (Å²) in [6.07, 6.45) is 5.62. The van der Waals surface area contributed by atoms with Crippen LogP contribution in [0.15, 0.2) is 48.8 Å². The van der Waals surface area contributed by atoms with E-state index in [9.17, 15) is 9.18 Å². The zero-order chi connectivity index (χ0) is 21.8. The van der Waals surface area contributed by atoms with E-state index >= 15 is 0 Å². The lowest BCUT2D eigenvalue weighted by atomic mass is 9.88. The molecule has 0 unspecified atom stereocenters. The van der Waals surface area contributed by atoms with Crippen LogP contribution in [0.25, 0.3) is 0 Å². The molecule has 0 aromatic heterocycles. The maximum atomic E-state index is 13.8. The molecule has 4 heteroatoms. The summed E-state index contributed by atoms with van der Waals surface area (Å²) in [4.78, 5) is 14.7. The van der Waals surface area contributed by atoms with Crippen LogP contribution < -0.4 is 10.2 Å². The van der Waals surface area contributed by atoms with Gasteiger partial charge in [0.25, 0.3) is 0 Å². The first-order valence-electron chi connectivity index (χ1n) is 10.3. The van der Waals surface area contributed by atoms with Gasteiger partial charge in [-0.05, 0) is 66.9 Å². The molecule has 0 bridgehead atoms. The number of rotatable bonds is 6. The molecule has 2 rings (SSSR count). The number of nitrogens with zero attached hydrogens (tertiary/aromatic N) is 1. The highest BCUT2D eigenvalue weighted by Crippen LogP contribution is 2.34. The Labute approximate surface area is 175 Å². The van der Waals surface area contributed by atoms with E-state index < -0.39 is 0 Å². The summed E-state index contributed by atoms with van der Waals surface area (Å²) in [5.41, 5.74) is 4.81. The first-order valence-corrected chi connectivity index (χ1v) is 10.3. The number of anilines is 2. The molecule has 1 N–H and O–H groups in total. The highest BCUT2D eigenvalue weighted by atomic mass is 19.1. The Morgan fingerprint density at radius 2 is 1.79 bits per heavy atom. The molecule has 29 heavy (non-hydrogen) atoms. The van der Waals surface area contributed by atoms with Gasteiger partial charge in [-0.1, -0.05) is 46.1 Å². The zero-order valence-electron chi connectivity index (χ0n) is 18.6. The number of carbonyl (C=O) groups excluding carboxylic acids is 1. The first-order chi connectivity index (χ1) is 13.5. The summed E-state index contributed by atoms with van der Waals surface area (Å²) < 4.78 is 13.8. The van der Waals surface area contributed by atoms with Gasteiger partial charge >= 0.3 is 0 Å². The highest BCUT2D eigenvalue weighted by Gasteiger charge is 2.24. The molecule has 1 heterocycles. The number of carbonyl (C=O) groups is 1. The van der Waals surface area contributed by atoms with Gasteiger partial charge in [-0.3, -0.25) is 4.79 Å². The fourth-order valence-corrected chi connectivity index (χ4v) is 4.01. The molecule has 158 valence electrons. The van der Waals surface area contributed by atoms with Gasteiger partial charge < -0.3 is 10.2 Å². The Balaban J connectivity index is 2.10. The van der Waals surface area contributed by atoms with Crippen molar-refractivity contribution in [2.24, 2.45) is 11.3 Å². The summed E-state index contributed by atoms with van der Waals surface area (Å²) in [7, 11) is 0. The zero-order valence-corrected chi connectivity index (χ0v) is 18.6.